The number of unbranched alkanes of at least 4 members (excludes halogenated alkanes) is 24. The molecule has 0 aromatic rings. The summed E-state index contributed by atoms with van der Waals surface area (Å²) in [4.78, 5) is 34.5. The van der Waals surface area contributed by atoms with Crippen LogP contribution in [0.5, 0.6) is 0 Å². The van der Waals surface area contributed by atoms with Crippen LogP contribution >= 0.6 is 7.82 Å². The lowest BCUT2D eigenvalue weighted by molar-refractivity contribution is -0.161. The molecule has 316 valence electrons. The number of carbonyl (C=O) groups excluding carboxylic acids is 2. The summed E-state index contributed by atoms with van der Waals surface area (Å²) < 4.78 is 32.0. The van der Waals surface area contributed by atoms with Gasteiger partial charge in [-0.3, -0.25) is 18.6 Å². The third kappa shape index (κ3) is 39.9. The highest BCUT2D eigenvalue weighted by Gasteiger charge is 2.24. The Kier molecular flexibility index (Phi) is 39.6. The van der Waals surface area contributed by atoms with E-state index in [4.69, 9.17) is 14.0 Å². The van der Waals surface area contributed by atoms with E-state index in [2.05, 4.69) is 54.8 Å². The third-order valence-electron chi connectivity index (χ3n) is 9.61. The lowest BCUT2D eigenvalue weighted by atomic mass is 10.1. The van der Waals surface area contributed by atoms with Crippen molar-refractivity contribution in [2.45, 2.75) is 219 Å². The molecule has 0 spiro atoms. The van der Waals surface area contributed by atoms with Crippen LogP contribution in [0.3, 0.4) is 0 Å². The van der Waals surface area contributed by atoms with Gasteiger partial charge in [0.2, 0.25) is 0 Å². The zero-order chi connectivity index (χ0) is 39.6. The van der Waals surface area contributed by atoms with Crippen LogP contribution in [-0.4, -0.2) is 43.3 Å². The Morgan fingerprint density at radius 2 is 0.889 bits per heavy atom. The summed E-state index contributed by atoms with van der Waals surface area (Å²) in [6.45, 7) is 3.87. The average molecular weight is 783 g/mol. The predicted molar refractivity (Wildman–Crippen MR) is 226 cm³/mol. The first-order valence-electron chi connectivity index (χ1n) is 22.2. The molecule has 0 bridgehead atoms. The monoisotopic (exact) mass is 783 g/mol. The fourth-order valence-electron chi connectivity index (χ4n) is 6.15. The molecule has 0 heterocycles. The Labute approximate surface area is 332 Å². The second-order valence-corrected chi connectivity index (χ2v) is 16.4. The third-order valence-corrected chi connectivity index (χ3v) is 10.5. The summed E-state index contributed by atoms with van der Waals surface area (Å²) in [6, 6.07) is 0. The first-order valence-corrected chi connectivity index (χ1v) is 23.7. The molecule has 0 aliphatic rings. The molecule has 1 N–H and O–H groups in total. The number of hydrogen-bond acceptors (Lipinski definition) is 7. The normalized spacial score (nSPS) is 13.6. The maximum atomic E-state index is 12.5. The topological polar surface area (TPSA) is 108 Å². The highest BCUT2D eigenvalue weighted by Crippen LogP contribution is 2.42. The van der Waals surface area contributed by atoms with E-state index >= 15 is 0 Å². The maximum Gasteiger partial charge on any atom is 0.472 e. The first kappa shape index (κ1) is 52.3. The Balaban J connectivity index is 3.99. The van der Waals surface area contributed by atoms with Crippen molar-refractivity contribution in [3.05, 3.63) is 36.5 Å². The lowest BCUT2D eigenvalue weighted by Crippen LogP contribution is -2.29. The molecule has 0 fully saturated rings. The van der Waals surface area contributed by atoms with Gasteiger partial charge in [0.15, 0.2) is 6.10 Å². The number of phosphoric ester groups is 1. The SMILES string of the molecule is CCCCCC/C=C\C/C=C\CCCCCCCC(=O)OC(COC(=O)CCCCCCCCCCC/C=C\CCCCCCCC)COP(=O)(O)OC. The number of allylic oxidation sites excluding steroid dienone is 6. The van der Waals surface area contributed by atoms with Gasteiger partial charge in [-0.2, -0.15) is 0 Å². The van der Waals surface area contributed by atoms with E-state index in [0.717, 1.165) is 64.9 Å². The van der Waals surface area contributed by atoms with Crippen LogP contribution in [-0.2, 0) is 32.7 Å². The van der Waals surface area contributed by atoms with Gasteiger partial charge in [-0.25, -0.2) is 4.57 Å². The molecule has 0 rings (SSSR count). The minimum Gasteiger partial charge on any atom is -0.462 e. The number of carbonyl (C=O) groups is 2. The fourth-order valence-corrected chi connectivity index (χ4v) is 6.61. The lowest BCUT2D eigenvalue weighted by Gasteiger charge is -2.19. The number of esters is 2. The van der Waals surface area contributed by atoms with Gasteiger partial charge in [0.05, 0.1) is 6.61 Å². The molecule has 0 aliphatic heterocycles. The Morgan fingerprint density at radius 1 is 0.519 bits per heavy atom. The molecule has 0 aromatic carbocycles. The fraction of sp³-hybridized carbons (Fsp3) is 0.822. The van der Waals surface area contributed by atoms with Crippen LogP contribution in [0.4, 0.5) is 0 Å². The van der Waals surface area contributed by atoms with Gasteiger partial charge < -0.3 is 14.4 Å². The van der Waals surface area contributed by atoms with Crippen molar-refractivity contribution in [1.29, 1.82) is 0 Å². The molecule has 0 aliphatic carbocycles. The summed E-state index contributed by atoms with van der Waals surface area (Å²) >= 11 is 0. The second kappa shape index (κ2) is 40.9. The van der Waals surface area contributed by atoms with Gasteiger partial charge in [0.25, 0.3) is 0 Å². The molecule has 0 radical (unpaired) electrons. The van der Waals surface area contributed by atoms with Gasteiger partial charge in [-0.1, -0.05) is 166 Å². The van der Waals surface area contributed by atoms with Crippen LogP contribution < -0.4 is 0 Å². The largest absolute Gasteiger partial charge is 0.472 e. The molecular formula is C45H83O8P. The first-order chi connectivity index (χ1) is 26.3. The molecule has 54 heavy (non-hydrogen) atoms. The van der Waals surface area contributed by atoms with E-state index in [-0.39, 0.29) is 25.4 Å². The Hall–Kier alpha value is -1.73. The van der Waals surface area contributed by atoms with Crippen LogP contribution in [0.1, 0.15) is 213 Å². The zero-order valence-electron chi connectivity index (χ0n) is 35.1. The summed E-state index contributed by atoms with van der Waals surface area (Å²) in [7, 11) is -3.21. The van der Waals surface area contributed by atoms with E-state index in [1.165, 1.54) is 122 Å². The van der Waals surface area contributed by atoms with E-state index in [1.807, 2.05) is 0 Å². The summed E-state index contributed by atoms with van der Waals surface area (Å²) in [6.07, 6.45) is 47.6. The van der Waals surface area contributed by atoms with Crippen LogP contribution in [0.15, 0.2) is 36.5 Å². The summed E-state index contributed by atoms with van der Waals surface area (Å²) in [5, 5.41) is 0. The van der Waals surface area contributed by atoms with Gasteiger partial charge >= 0.3 is 19.8 Å². The molecular weight excluding hydrogens is 699 g/mol. The minimum atomic E-state index is -4.27. The minimum absolute atomic E-state index is 0.229. The van der Waals surface area contributed by atoms with Crippen LogP contribution in [0.25, 0.3) is 0 Å². The number of ether oxygens (including phenoxy) is 2. The van der Waals surface area contributed by atoms with E-state index in [0.29, 0.717) is 6.42 Å². The molecule has 8 nitrogen and oxygen atoms in total. The van der Waals surface area contributed by atoms with Crippen molar-refractivity contribution in [3.8, 4) is 0 Å². The average Bonchev–Trinajstić information content (AvgIpc) is 3.16. The highest BCUT2D eigenvalue weighted by molar-refractivity contribution is 7.47. The van der Waals surface area contributed by atoms with E-state index < -0.39 is 26.5 Å². The molecule has 2 unspecified atom stereocenters. The maximum absolute atomic E-state index is 12.5. The summed E-state index contributed by atoms with van der Waals surface area (Å²) in [5.41, 5.74) is 0. The molecule has 0 aromatic heterocycles. The number of phosphoric acid groups is 1. The van der Waals surface area contributed by atoms with Crippen molar-refractivity contribution in [3.63, 3.8) is 0 Å². The van der Waals surface area contributed by atoms with Crippen molar-refractivity contribution >= 4 is 19.8 Å². The van der Waals surface area contributed by atoms with Crippen molar-refractivity contribution in [2.24, 2.45) is 0 Å². The molecule has 0 amide bonds. The molecule has 2 atom stereocenters. The van der Waals surface area contributed by atoms with Gasteiger partial charge in [0.1, 0.15) is 6.61 Å². The predicted octanol–water partition coefficient (Wildman–Crippen LogP) is 14.0. The quantitative estimate of drug-likeness (QED) is 0.0283. The highest BCUT2D eigenvalue weighted by atomic mass is 31.2. The van der Waals surface area contributed by atoms with Crippen molar-refractivity contribution in [1.82, 2.24) is 0 Å². The number of rotatable bonds is 41. The van der Waals surface area contributed by atoms with Crippen molar-refractivity contribution < 1.29 is 37.6 Å². The van der Waals surface area contributed by atoms with Gasteiger partial charge in [0, 0.05) is 20.0 Å². The molecule has 0 saturated heterocycles. The van der Waals surface area contributed by atoms with E-state index in [9.17, 15) is 19.0 Å². The standard InChI is InChI=1S/C45H83O8P/c1-4-6-8-10-12-14-16-18-20-22-23-24-26-27-29-31-33-35-37-39-44(46)51-41-43(42-52-54(48,49)50-3)53-45(47)40-38-36-34-32-30-28-25-21-19-17-15-13-11-9-7-5-2/h15,17-18,20-21,25,43H,4-14,16,19,22-24,26-42H2,1-3H3,(H,48,49)/b17-15-,20-18-,25-21-. The smallest absolute Gasteiger partial charge is 0.462 e. The van der Waals surface area contributed by atoms with Crippen LogP contribution in [0, 0.1) is 0 Å². The van der Waals surface area contributed by atoms with Gasteiger partial charge in [-0.05, 0) is 70.6 Å². The summed E-state index contributed by atoms with van der Waals surface area (Å²) in [5.74, 6) is -0.818. The van der Waals surface area contributed by atoms with Gasteiger partial charge in [-0.15, -0.1) is 0 Å². The Morgan fingerprint density at radius 3 is 1.33 bits per heavy atom. The second-order valence-electron chi connectivity index (χ2n) is 14.8. The Bertz CT molecular complexity index is 979. The number of hydrogen-bond donors (Lipinski definition) is 1. The van der Waals surface area contributed by atoms with E-state index in [1.54, 1.807) is 0 Å². The molecule has 0 saturated carbocycles. The molecule has 9 heteroatoms. The van der Waals surface area contributed by atoms with Crippen LogP contribution in [0.2, 0.25) is 0 Å². The van der Waals surface area contributed by atoms with Crippen molar-refractivity contribution in [2.75, 3.05) is 20.3 Å². The zero-order valence-corrected chi connectivity index (χ0v) is 36.0.